The Morgan fingerprint density at radius 2 is 2.24 bits per heavy atom. The van der Waals surface area contributed by atoms with E-state index in [9.17, 15) is 0 Å². The van der Waals surface area contributed by atoms with Crippen molar-refractivity contribution in [3.05, 3.63) is 16.5 Å². The van der Waals surface area contributed by atoms with Crippen molar-refractivity contribution in [2.75, 3.05) is 11.6 Å². The van der Waals surface area contributed by atoms with Crippen molar-refractivity contribution in [1.29, 1.82) is 5.26 Å². The van der Waals surface area contributed by atoms with Gasteiger partial charge in [-0.05, 0) is 22.4 Å². The van der Waals surface area contributed by atoms with Crippen LogP contribution in [0.2, 0.25) is 0 Å². The number of hydrazine groups is 1. The summed E-state index contributed by atoms with van der Waals surface area (Å²) in [5.41, 5.74) is 0. The molecule has 0 aliphatic rings. The third-order valence-electron chi connectivity index (χ3n) is 2.35. The summed E-state index contributed by atoms with van der Waals surface area (Å²) in [6.07, 6.45) is 6.12. The summed E-state index contributed by atoms with van der Waals surface area (Å²) in [4.78, 5) is 7.92. The van der Waals surface area contributed by atoms with Gasteiger partial charge in [0.2, 0.25) is 5.82 Å². The van der Waals surface area contributed by atoms with Crippen LogP contribution in [0.3, 0.4) is 0 Å². The molecule has 0 aromatic carbocycles. The number of nitrogens with zero attached hydrogens (tertiary/aromatic N) is 4. The van der Waals surface area contributed by atoms with Gasteiger partial charge in [0.1, 0.15) is 6.07 Å². The summed E-state index contributed by atoms with van der Waals surface area (Å²) in [6, 6.07) is 1.90. The molecule has 0 saturated carbocycles. The van der Waals surface area contributed by atoms with Crippen LogP contribution in [0.25, 0.3) is 0 Å². The highest BCUT2D eigenvalue weighted by molar-refractivity contribution is 9.10. The molecule has 0 aliphatic carbocycles. The van der Waals surface area contributed by atoms with E-state index in [2.05, 4.69) is 32.8 Å². The monoisotopic (exact) mass is 297 g/mol. The van der Waals surface area contributed by atoms with Gasteiger partial charge in [-0.25, -0.2) is 10.8 Å². The molecule has 0 fully saturated rings. The van der Waals surface area contributed by atoms with E-state index in [1.54, 1.807) is 11.2 Å². The van der Waals surface area contributed by atoms with Gasteiger partial charge in [0, 0.05) is 12.7 Å². The van der Waals surface area contributed by atoms with Crippen molar-refractivity contribution < 1.29 is 0 Å². The Morgan fingerprint density at radius 3 is 2.88 bits per heavy atom. The van der Waals surface area contributed by atoms with Crippen molar-refractivity contribution in [1.82, 2.24) is 9.97 Å². The molecule has 1 rings (SSSR count). The van der Waals surface area contributed by atoms with Crippen LogP contribution in [0.5, 0.6) is 0 Å². The Bertz CT molecular complexity index is 401. The lowest BCUT2D eigenvalue weighted by Gasteiger charge is -2.18. The molecule has 0 amide bonds. The third kappa shape index (κ3) is 4.29. The van der Waals surface area contributed by atoms with Gasteiger partial charge >= 0.3 is 0 Å². The molecule has 0 radical (unpaired) electrons. The van der Waals surface area contributed by atoms with Crippen LogP contribution in [0.4, 0.5) is 5.82 Å². The molecule has 92 valence electrons. The molecule has 1 heterocycles. The normalized spacial score (nSPS) is 10.0. The molecule has 1 aromatic heterocycles. The lowest BCUT2D eigenvalue weighted by Crippen LogP contribution is -2.33. The van der Waals surface area contributed by atoms with Crippen LogP contribution in [0.15, 0.2) is 10.7 Å². The number of nitriles is 1. The largest absolute Gasteiger partial charge is 0.294 e. The van der Waals surface area contributed by atoms with Crippen LogP contribution in [0.1, 0.15) is 38.4 Å². The van der Waals surface area contributed by atoms with Gasteiger partial charge in [0.05, 0.1) is 4.47 Å². The zero-order valence-corrected chi connectivity index (χ0v) is 11.4. The number of hydrogen-bond acceptors (Lipinski definition) is 5. The minimum absolute atomic E-state index is 0.132. The zero-order chi connectivity index (χ0) is 12.7. The number of nitrogens with two attached hydrogens (primary N) is 1. The molecule has 0 spiro atoms. The van der Waals surface area contributed by atoms with Crippen LogP contribution >= 0.6 is 15.9 Å². The number of anilines is 1. The number of unbranched alkanes of at least 4 members (excludes halogenated alkanes) is 3. The fraction of sp³-hybridized carbons (Fsp3) is 0.545. The summed E-state index contributed by atoms with van der Waals surface area (Å²) in [7, 11) is 0. The summed E-state index contributed by atoms with van der Waals surface area (Å²) >= 11 is 3.33. The van der Waals surface area contributed by atoms with Gasteiger partial charge in [-0.15, -0.1) is 0 Å². The first-order chi connectivity index (χ1) is 8.19. The Balaban J connectivity index is 2.61. The third-order valence-corrected chi connectivity index (χ3v) is 2.91. The average Bonchev–Trinajstić information content (AvgIpc) is 2.35. The van der Waals surface area contributed by atoms with E-state index in [0.717, 1.165) is 19.4 Å². The highest BCUT2D eigenvalue weighted by Crippen LogP contribution is 2.21. The van der Waals surface area contributed by atoms with Gasteiger partial charge in [-0.3, -0.25) is 5.01 Å². The predicted octanol–water partition coefficient (Wildman–Crippen LogP) is 2.37. The van der Waals surface area contributed by atoms with Crippen molar-refractivity contribution in [3.8, 4) is 6.07 Å². The van der Waals surface area contributed by atoms with E-state index in [-0.39, 0.29) is 5.82 Å². The lowest BCUT2D eigenvalue weighted by molar-refractivity contribution is 0.646. The van der Waals surface area contributed by atoms with E-state index in [0.29, 0.717) is 10.3 Å². The lowest BCUT2D eigenvalue weighted by atomic mass is 10.2. The van der Waals surface area contributed by atoms with Gasteiger partial charge < -0.3 is 0 Å². The summed E-state index contributed by atoms with van der Waals surface area (Å²) in [5, 5.41) is 10.3. The summed E-state index contributed by atoms with van der Waals surface area (Å²) in [6.45, 7) is 2.89. The molecule has 5 nitrogen and oxygen atoms in total. The number of aromatic nitrogens is 2. The standard InChI is InChI=1S/C11H16BrN5/c1-2-3-4-5-6-17(14)11-9(12)8-15-10(7-13)16-11/h8H,2-6,14H2,1H3. The zero-order valence-electron chi connectivity index (χ0n) is 9.86. The first kappa shape index (κ1) is 13.9. The number of hydrogen-bond donors (Lipinski definition) is 1. The maximum absolute atomic E-state index is 8.73. The second kappa shape index (κ2) is 7.20. The Hall–Kier alpha value is -1.19. The Labute approximate surface area is 110 Å². The van der Waals surface area contributed by atoms with E-state index < -0.39 is 0 Å². The average molecular weight is 298 g/mol. The first-order valence-corrected chi connectivity index (χ1v) is 6.43. The van der Waals surface area contributed by atoms with E-state index >= 15 is 0 Å². The fourth-order valence-electron chi connectivity index (χ4n) is 1.43. The fourth-order valence-corrected chi connectivity index (χ4v) is 1.85. The maximum Gasteiger partial charge on any atom is 0.234 e. The van der Waals surface area contributed by atoms with Crippen LogP contribution in [-0.4, -0.2) is 16.5 Å². The van der Waals surface area contributed by atoms with Crippen LogP contribution in [0, 0.1) is 11.3 Å². The molecule has 1 aromatic rings. The number of halogens is 1. The van der Waals surface area contributed by atoms with Crippen molar-refractivity contribution in [2.45, 2.75) is 32.6 Å². The smallest absolute Gasteiger partial charge is 0.234 e. The van der Waals surface area contributed by atoms with Gasteiger partial charge in [-0.1, -0.05) is 26.2 Å². The van der Waals surface area contributed by atoms with Gasteiger partial charge in [0.15, 0.2) is 5.82 Å². The second-order valence-electron chi connectivity index (χ2n) is 3.73. The molecule has 17 heavy (non-hydrogen) atoms. The van der Waals surface area contributed by atoms with E-state index in [1.165, 1.54) is 12.8 Å². The van der Waals surface area contributed by atoms with Crippen molar-refractivity contribution in [2.24, 2.45) is 5.84 Å². The molecule has 0 atom stereocenters. The SMILES string of the molecule is CCCCCCN(N)c1nc(C#N)ncc1Br. The molecule has 0 aliphatic heterocycles. The Kier molecular flexibility index (Phi) is 5.87. The predicted molar refractivity (Wildman–Crippen MR) is 70.1 cm³/mol. The molecular formula is C11H16BrN5. The summed E-state index contributed by atoms with van der Waals surface area (Å²) in [5.74, 6) is 6.60. The molecule has 0 bridgehead atoms. The molecule has 2 N–H and O–H groups in total. The highest BCUT2D eigenvalue weighted by Gasteiger charge is 2.09. The quantitative estimate of drug-likeness (QED) is 0.495. The minimum atomic E-state index is 0.132. The van der Waals surface area contributed by atoms with Gasteiger partial charge in [-0.2, -0.15) is 10.2 Å². The second-order valence-corrected chi connectivity index (χ2v) is 4.59. The van der Waals surface area contributed by atoms with Crippen LogP contribution in [-0.2, 0) is 0 Å². The van der Waals surface area contributed by atoms with Crippen molar-refractivity contribution in [3.63, 3.8) is 0 Å². The first-order valence-electron chi connectivity index (χ1n) is 5.64. The Morgan fingerprint density at radius 1 is 1.47 bits per heavy atom. The van der Waals surface area contributed by atoms with E-state index in [4.69, 9.17) is 11.1 Å². The molecule has 6 heteroatoms. The summed E-state index contributed by atoms with van der Waals surface area (Å²) < 4.78 is 0.703. The topological polar surface area (TPSA) is 78.8 Å². The molecule has 0 saturated heterocycles. The molecular weight excluding hydrogens is 282 g/mol. The van der Waals surface area contributed by atoms with Crippen LogP contribution < -0.4 is 10.9 Å². The minimum Gasteiger partial charge on any atom is -0.294 e. The van der Waals surface area contributed by atoms with Gasteiger partial charge in [0.25, 0.3) is 0 Å². The molecule has 0 unspecified atom stereocenters. The highest BCUT2D eigenvalue weighted by atomic mass is 79.9. The maximum atomic E-state index is 8.73. The number of rotatable bonds is 6. The van der Waals surface area contributed by atoms with Crippen molar-refractivity contribution >= 4 is 21.7 Å². The van der Waals surface area contributed by atoms with E-state index in [1.807, 2.05) is 6.07 Å².